The average Bonchev–Trinajstić information content (AvgIpc) is 3.20. The van der Waals surface area contributed by atoms with E-state index >= 15 is 0 Å². The zero-order chi connectivity index (χ0) is 25.9. The summed E-state index contributed by atoms with van der Waals surface area (Å²) in [5.74, 6) is -0.000426. The number of methoxy groups -OCH3 is 1. The third kappa shape index (κ3) is 8.13. The van der Waals surface area contributed by atoms with E-state index in [9.17, 15) is 14.4 Å². The molecule has 2 heterocycles. The van der Waals surface area contributed by atoms with E-state index in [2.05, 4.69) is 11.0 Å². The zero-order valence-electron chi connectivity index (χ0n) is 20.3. The second-order valence-corrected chi connectivity index (χ2v) is 8.66. The van der Waals surface area contributed by atoms with E-state index < -0.39 is 11.9 Å². The fourth-order valence-electron chi connectivity index (χ4n) is 4.27. The molecule has 0 aliphatic carbocycles. The number of likely N-dealkylation sites (tertiary alicyclic amines) is 1. The second kappa shape index (κ2) is 13.3. The first-order valence-corrected chi connectivity index (χ1v) is 11.9. The highest BCUT2D eigenvalue weighted by Gasteiger charge is 2.30. The molecule has 0 spiro atoms. The number of aliphatic carboxylic acids is 2. The van der Waals surface area contributed by atoms with Crippen molar-refractivity contribution in [1.29, 1.82) is 0 Å². The number of fused-ring (bicyclic) bond motifs is 1. The van der Waals surface area contributed by atoms with Gasteiger partial charge in [0, 0.05) is 37.3 Å². The second-order valence-electron chi connectivity index (χ2n) is 8.66. The Hall–Kier alpha value is -3.85. The van der Waals surface area contributed by atoms with Gasteiger partial charge in [0.05, 0.1) is 7.11 Å². The smallest absolute Gasteiger partial charge is 0.328 e. The Kier molecular flexibility index (Phi) is 9.88. The minimum absolute atomic E-state index is 0.200. The van der Waals surface area contributed by atoms with Crippen LogP contribution in [0.5, 0.6) is 11.5 Å². The lowest BCUT2D eigenvalue weighted by Gasteiger charge is -2.33. The van der Waals surface area contributed by atoms with Crippen LogP contribution in [0.15, 0.2) is 60.7 Å². The van der Waals surface area contributed by atoms with Crippen LogP contribution in [0.4, 0.5) is 0 Å². The number of ether oxygens (including phenoxy) is 2. The molecule has 1 amide bonds. The van der Waals surface area contributed by atoms with Gasteiger partial charge in [-0.2, -0.15) is 0 Å². The lowest BCUT2D eigenvalue weighted by Crippen LogP contribution is -2.40. The summed E-state index contributed by atoms with van der Waals surface area (Å²) in [6.07, 6.45) is 3.40. The van der Waals surface area contributed by atoms with E-state index in [1.807, 2.05) is 47.4 Å². The van der Waals surface area contributed by atoms with Crippen LogP contribution >= 0.6 is 0 Å². The van der Waals surface area contributed by atoms with Crippen molar-refractivity contribution >= 4 is 17.8 Å². The maximum atomic E-state index is 12.5. The van der Waals surface area contributed by atoms with Gasteiger partial charge < -0.3 is 24.6 Å². The van der Waals surface area contributed by atoms with Crippen molar-refractivity contribution in [3.8, 4) is 11.5 Å². The van der Waals surface area contributed by atoms with E-state index in [4.69, 9.17) is 19.7 Å². The van der Waals surface area contributed by atoms with Crippen LogP contribution in [0.1, 0.15) is 28.8 Å². The first-order valence-electron chi connectivity index (χ1n) is 11.9. The van der Waals surface area contributed by atoms with Crippen molar-refractivity contribution in [3.05, 3.63) is 71.8 Å². The van der Waals surface area contributed by atoms with Gasteiger partial charge in [0.1, 0.15) is 18.1 Å². The molecule has 1 saturated heterocycles. The molecular weight excluding hydrogens is 464 g/mol. The normalized spacial score (nSPS) is 15.8. The van der Waals surface area contributed by atoms with Crippen LogP contribution in [0.3, 0.4) is 0 Å². The van der Waals surface area contributed by atoms with Gasteiger partial charge in [-0.25, -0.2) is 9.59 Å². The van der Waals surface area contributed by atoms with Gasteiger partial charge in [0.25, 0.3) is 5.91 Å². The standard InChI is InChI=1S/C23H28N2O3.C4H4O4/c1-27-20-6-8-21(9-7-20)28-15-14-24-12-10-18(11-13-24)16-25-17-19-4-2-3-5-22(19)23(25)26;5-3(6)1-2-4(7)8/h2-9,18H,10-17H2,1H3;1-2H,(H,5,6)(H,7,8)/b;2-1+. The van der Waals surface area contributed by atoms with E-state index in [-0.39, 0.29) is 5.91 Å². The summed E-state index contributed by atoms with van der Waals surface area (Å²) >= 11 is 0. The summed E-state index contributed by atoms with van der Waals surface area (Å²) in [6, 6.07) is 15.7. The summed E-state index contributed by atoms with van der Waals surface area (Å²) in [5, 5.41) is 15.6. The van der Waals surface area contributed by atoms with Gasteiger partial charge in [-0.1, -0.05) is 18.2 Å². The summed E-state index contributed by atoms with van der Waals surface area (Å²) in [6.45, 7) is 5.43. The molecule has 2 N–H and O–H groups in total. The average molecular weight is 497 g/mol. The molecule has 0 saturated carbocycles. The highest BCUT2D eigenvalue weighted by atomic mass is 16.5. The topological polar surface area (TPSA) is 117 Å². The molecule has 36 heavy (non-hydrogen) atoms. The van der Waals surface area contributed by atoms with Crippen molar-refractivity contribution < 1.29 is 34.1 Å². The number of amides is 1. The van der Waals surface area contributed by atoms with Crippen molar-refractivity contribution in [1.82, 2.24) is 9.80 Å². The minimum atomic E-state index is -1.26. The Morgan fingerprint density at radius 2 is 1.58 bits per heavy atom. The largest absolute Gasteiger partial charge is 0.497 e. The lowest BCUT2D eigenvalue weighted by atomic mass is 9.96. The molecule has 2 aromatic carbocycles. The predicted molar refractivity (Wildman–Crippen MR) is 133 cm³/mol. The van der Waals surface area contributed by atoms with Crippen molar-refractivity contribution in [2.24, 2.45) is 5.92 Å². The molecule has 0 unspecified atom stereocenters. The van der Waals surface area contributed by atoms with Gasteiger partial charge in [-0.05, 0) is 67.7 Å². The number of benzene rings is 2. The summed E-state index contributed by atoms with van der Waals surface area (Å²) < 4.78 is 11.0. The first-order chi connectivity index (χ1) is 17.4. The number of hydrogen-bond acceptors (Lipinski definition) is 6. The number of hydrogen-bond donors (Lipinski definition) is 2. The van der Waals surface area contributed by atoms with E-state index in [1.165, 1.54) is 5.56 Å². The Balaban J connectivity index is 0.000000392. The van der Waals surface area contributed by atoms with Crippen LogP contribution in [0.25, 0.3) is 0 Å². The number of carbonyl (C=O) groups is 3. The maximum absolute atomic E-state index is 12.5. The van der Waals surface area contributed by atoms with Crippen molar-refractivity contribution in [2.75, 3.05) is 39.9 Å². The van der Waals surface area contributed by atoms with E-state index in [0.717, 1.165) is 62.6 Å². The maximum Gasteiger partial charge on any atom is 0.328 e. The van der Waals surface area contributed by atoms with Gasteiger partial charge in [0.15, 0.2) is 0 Å². The number of nitrogens with zero attached hydrogens (tertiary/aromatic N) is 2. The highest BCUT2D eigenvalue weighted by molar-refractivity contribution is 5.98. The number of rotatable bonds is 9. The fourth-order valence-corrected chi connectivity index (χ4v) is 4.27. The lowest BCUT2D eigenvalue weighted by molar-refractivity contribution is -0.134. The van der Waals surface area contributed by atoms with Gasteiger partial charge in [-0.3, -0.25) is 9.69 Å². The third-order valence-corrected chi connectivity index (χ3v) is 6.19. The Morgan fingerprint density at radius 1 is 0.972 bits per heavy atom. The number of piperidine rings is 1. The predicted octanol–water partition coefficient (Wildman–Crippen LogP) is 3.15. The first kappa shape index (κ1) is 26.7. The molecule has 4 rings (SSSR count). The quantitative estimate of drug-likeness (QED) is 0.509. The monoisotopic (exact) mass is 496 g/mol. The van der Waals surface area contributed by atoms with Crippen molar-refractivity contribution in [3.63, 3.8) is 0 Å². The van der Waals surface area contributed by atoms with Gasteiger partial charge in [-0.15, -0.1) is 0 Å². The molecule has 192 valence electrons. The van der Waals surface area contributed by atoms with E-state index in [0.29, 0.717) is 24.7 Å². The van der Waals surface area contributed by atoms with Gasteiger partial charge >= 0.3 is 11.9 Å². The Labute approximate surface area is 210 Å². The zero-order valence-corrected chi connectivity index (χ0v) is 20.3. The molecule has 0 radical (unpaired) electrons. The molecule has 9 nitrogen and oxygen atoms in total. The molecule has 9 heteroatoms. The number of carbonyl (C=O) groups excluding carboxylic acids is 1. The van der Waals surface area contributed by atoms with Crippen molar-refractivity contribution in [2.45, 2.75) is 19.4 Å². The third-order valence-electron chi connectivity index (χ3n) is 6.19. The van der Waals surface area contributed by atoms with Crippen LogP contribution in [-0.2, 0) is 16.1 Å². The van der Waals surface area contributed by atoms with Gasteiger partial charge in [0.2, 0.25) is 0 Å². The molecule has 1 fully saturated rings. The number of carboxylic acid groups (broad SMARTS) is 2. The fraction of sp³-hybridized carbons (Fsp3) is 0.370. The van der Waals surface area contributed by atoms with Crippen LogP contribution in [0.2, 0.25) is 0 Å². The molecule has 2 aliphatic rings. The van der Waals surface area contributed by atoms with Crippen LogP contribution in [0, 0.1) is 5.92 Å². The summed E-state index contributed by atoms with van der Waals surface area (Å²) in [7, 11) is 1.66. The Bertz CT molecular complexity index is 1040. The minimum Gasteiger partial charge on any atom is -0.497 e. The summed E-state index contributed by atoms with van der Waals surface area (Å²) in [5.41, 5.74) is 2.05. The molecular formula is C27H32N2O7. The Morgan fingerprint density at radius 3 is 2.17 bits per heavy atom. The molecule has 2 aliphatic heterocycles. The molecule has 0 aromatic heterocycles. The molecule has 0 bridgehead atoms. The van der Waals surface area contributed by atoms with Crippen LogP contribution < -0.4 is 9.47 Å². The summed E-state index contributed by atoms with van der Waals surface area (Å²) in [4.78, 5) is 36.1. The van der Waals surface area contributed by atoms with Crippen LogP contribution in [-0.4, -0.2) is 77.8 Å². The molecule has 2 aromatic rings. The SMILES string of the molecule is COc1ccc(OCCN2CCC(CN3Cc4ccccc4C3=O)CC2)cc1.O=C(O)/C=C/C(=O)O. The highest BCUT2D eigenvalue weighted by Crippen LogP contribution is 2.26. The van der Waals surface area contributed by atoms with E-state index in [1.54, 1.807) is 7.11 Å². The molecule has 0 atom stereocenters. The number of carboxylic acids is 2.